The van der Waals surface area contributed by atoms with Crippen molar-refractivity contribution in [1.29, 1.82) is 0 Å². The number of pyridine rings is 1. The zero-order valence-electron chi connectivity index (χ0n) is 17.9. The Labute approximate surface area is 203 Å². The number of hydrogen-bond donors (Lipinski definition) is 1. The molecule has 0 spiro atoms. The number of amides is 1. The van der Waals surface area contributed by atoms with E-state index in [-0.39, 0.29) is 27.9 Å². The largest absolute Gasteiger partial charge is 0.416 e. The molecular formula is C23H15ClF8N2O2. The zero-order chi connectivity index (χ0) is 26.8. The molecule has 0 saturated carbocycles. The summed E-state index contributed by atoms with van der Waals surface area (Å²) in [5.74, 6) is -2.93. The maximum atomic E-state index is 14.4. The molecule has 0 saturated heterocycles. The Hall–Kier alpha value is -3.25. The average Bonchev–Trinajstić information content (AvgIpc) is 2.78. The highest BCUT2D eigenvalue weighted by Crippen LogP contribution is 2.37. The van der Waals surface area contributed by atoms with Crippen molar-refractivity contribution >= 4 is 17.5 Å². The van der Waals surface area contributed by atoms with Crippen molar-refractivity contribution in [3.63, 3.8) is 0 Å². The Morgan fingerprint density at radius 1 is 0.889 bits per heavy atom. The molecule has 1 N–H and O–H groups in total. The summed E-state index contributed by atoms with van der Waals surface area (Å²) in [5, 5.41) is 9.10. The van der Waals surface area contributed by atoms with Gasteiger partial charge in [-0.25, -0.2) is 13.8 Å². The first-order valence-electron chi connectivity index (χ1n) is 9.96. The molecule has 0 atom stereocenters. The number of rotatable bonds is 6. The van der Waals surface area contributed by atoms with Crippen molar-refractivity contribution in [2.75, 3.05) is 6.61 Å². The second kappa shape index (κ2) is 10.4. The lowest BCUT2D eigenvalue weighted by Gasteiger charge is -2.25. The number of nitrogens with zero attached hydrogens (tertiary/aromatic N) is 2. The summed E-state index contributed by atoms with van der Waals surface area (Å²) in [7, 11) is 0. The van der Waals surface area contributed by atoms with Crippen molar-refractivity contribution < 1.29 is 45.0 Å². The van der Waals surface area contributed by atoms with Crippen LogP contribution in [0.15, 0.2) is 48.7 Å². The Balaban J connectivity index is 2.07. The number of aliphatic hydroxyl groups excluding tert-OH is 1. The van der Waals surface area contributed by atoms with Crippen LogP contribution in [0.5, 0.6) is 0 Å². The number of hydrogen-bond acceptors (Lipinski definition) is 3. The van der Waals surface area contributed by atoms with Crippen molar-refractivity contribution in [3.8, 4) is 11.1 Å². The number of carbonyl (C=O) groups excluding carboxylic acids is 1. The molecule has 1 amide bonds. The third kappa shape index (κ3) is 6.30. The first-order valence-corrected chi connectivity index (χ1v) is 10.3. The molecule has 192 valence electrons. The second-order valence-corrected chi connectivity index (χ2v) is 7.93. The first kappa shape index (κ1) is 27.3. The van der Waals surface area contributed by atoms with Gasteiger partial charge in [0.2, 0.25) is 5.91 Å². The van der Waals surface area contributed by atoms with E-state index in [9.17, 15) is 45.0 Å². The SMILES string of the molecule is O=C(CO)N(Cc1cc(C(F)(F)F)cc(C(F)(F)F)c1)Cc1c(-c2ccc(F)cc2F)ccnc1Cl. The minimum Gasteiger partial charge on any atom is -0.387 e. The van der Waals surface area contributed by atoms with Gasteiger partial charge in [0, 0.05) is 36.5 Å². The molecule has 0 aliphatic carbocycles. The van der Waals surface area contributed by atoms with Gasteiger partial charge in [0.15, 0.2) is 0 Å². The minimum atomic E-state index is -5.11. The van der Waals surface area contributed by atoms with E-state index in [1.165, 1.54) is 12.3 Å². The molecule has 4 nitrogen and oxygen atoms in total. The van der Waals surface area contributed by atoms with Crippen LogP contribution in [0.4, 0.5) is 35.1 Å². The maximum Gasteiger partial charge on any atom is 0.416 e. The molecule has 13 heteroatoms. The van der Waals surface area contributed by atoms with E-state index in [1.807, 2.05) is 0 Å². The zero-order valence-corrected chi connectivity index (χ0v) is 18.6. The molecular weight excluding hydrogens is 524 g/mol. The summed E-state index contributed by atoms with van der Waals surface area (Å²) in [4.78, 5) is 17.0. The van der Waals surface area contributed by atoms with Crippen LogP contribution in [0.1, 0.15) is 22.3 Å². The van der Waals surface area contributed by atoms with Crippen LogP contribution in [0.2, 0.25) is 5.15 Å². The van der Waals surface area contributed by atoms with Crippen LogP contribution < -0.4 is 0 Å². The molecule has 36 heavy (non-hydrogen) atoms. The summed E-state index contributed by atoms with van der Waals surface area (Å²) < 4.78 is 107. The number of benzene rings is 2. The number of aromatic nitrogens is 1. The van der Waals surface area contributed by atoms with Crippen LogP contribution in [-0.2, 0) is 30.2 Å². The van der Waals surface area contributed by atoms with Crippen LogP contribution in [0, 0.1) is 11.6 Å². The normalized spacial score (nSPS) is 12.1. The van der Waals surface area contributed by atoms with Gasteiger partial charge in [0.05, 0.1) is 11.1 Å². The van der Waals surface area contributed by atoms with Crippen LogP contribution in [0.25, 0.3) is 11.1 Å². The van der Waals surface area contributed by atoms with Crippen molar-refractivity contribution in [2.45, 2.75) is 25.4 Å². The third-order valence-corrected chi connectivity index (χ3v) is 5.41. The van der Waals surface area contributed by atoms with Gasteiger partial charge in [-0.05, 0) is 47.5 Å². The lowest BCUT2D eigenvalue weighted by atomic mass is 10.00. The minimum absolute atomic E-state index is 0.0329. The number of carbonyl (C=O) groups is 1. The number of halogens is 9. The lowest BCUT2D eigenvalue weighted by molar-refractivity contribution is -0.143. The maximum absolute atomic E-state index is 14.4. The summed E-state index contributed by atoms with van der Waals surface area (Å²) in [6, 6.07) is 4.73. The van der Waals surface area contributed by atoms with Crippen LogP contribution in [0.3, 0.4) is 0 Å². The fraction of sp³-hybridized carbons (Fsp3) is 0.217. The van der Waals surface area contributed by atoms with E-state index in [4.69, 9.17) is 11.6 Å². The van der Waals surface area contributed by atoms with Gasteiger partial charge >= 0.3 is 12.4 Å². The van der Waals surface area contributed by atoms with Gasteiger partial charge in [0.25, 0.3) is 0 Å². The Morgan fingerprint density at radius 3 is 2.03 bits per heavy atom. The van der Waals surface area contributed by atoms with E-state index in [1.54, 1.807) is 0 Å². The number of alkyl halides is 6. The predicted molar refractivity (Wildman–Crippen MR) is 112 cm³/mol. The molecule has 2 aromatic carbocycles. The second-order valence-electron chi connectivity index (χ2n) is 7.57. The highest BCUT2D eigenvalue weighted by atomic mass is 35.5. The van der Waals surface area contributed by atoms with E-state index < -0.39 is 66.3 Å². The monoisotopic (exact) mass is 538 g/mol. The molecule has 3 aromatic rings. The van der Waals surface area contributed by atoms with E-state index >= 15 is 0 Å². The fourth-order valence-corrected chi connectivity index (χ4v) is 3.65. The summed E-state index contributed by atoms with van der Waals surface area (Å²) in [6.07, 6.45) is -9.03. The molecule has 0 unspecified atom stereocenters. The van der Waals surface area contributed by atoms with Crippen molar-refractivity contribution in [1.82, 2.24) is 9.88 Å². The molecule has 0 fully saturated rings. The van der Waals surface area contributed by atoms with E-state index in [0.29, 0.717) is 18.2 Å². The highest BCUT2D eigenvalue weighted by Gasteiger charge is 2.37. The van der Waals surface area contributed by atoms with E-state index in [2.05, 4.69) is 4.98 Å². The molecule has 0 aliphatic heterocycles. The average molecular weight is 539 g/mol. The Kier molecular flexibility index (Phi) is 7.89. The highest BCUT2D eigenvalue weighted by molar-refractivity contribution is 6.30. The topological polar surface area (TPSA) is 53.4 Å². The molecule has 3 rings (SSSR count). The van der Waals surface area contributed by atoms with Crippen LogP contribution >= 0.6 is 11.6 Å². The Bertz CT molecular complexity index is 1250. The van der Waals surface area contributed by atoms with Gasteiger partial charge in [-0.2, -0.15) is 26.3 Å². The molecule has 0 bridgehead atoms. The van der Waals surface area contributed by atoms with Gasteiger partial charge in [0.1, 0.15) is 23.4 Å². The molecule has 1 heterocycles. The summed E-state index contributed by atoms with van der Waals surface area (Å²) in [6.45, 7) is -2.50. The van der Waals surface area contributed by atoms with Gasteiger partial charge in [-0.1, -0.05) is 11.6 Å². The standard InChI is InChI=1S/C23H15ClF8N2O2/c24-21-18(16(3-4-33-21)17-2-1-15(25)8-19(17)26)10-34(20(36)11-35)9-12-5-13(22(27,28)29)7-14(6-12)23(30,31)32/h1-8,35H,9-11H2. The lowest BCUT2D eigenvalue weighted by Crippen LogP contribution is -2.33. The summed E-state index contributed by atoms with van der Waals surface area (Å²) in [5.41, 5.74) is -3.84. The number of aliphatic hydroxyl groups is 1. The Morgan fingerprint density at radius 2 is 1.50 bits per heavy atom. The van der Waals surface area contributed by atoms with Crippen LogP contribution in [-0.4, -0.2) is 27.5 Å². The third-order valence-electron chi connectivity index (χ3n) is 5.08. The van der Waals surface area contributed by atoms with Crippen molar-refractivity contribution in [2.24, 2.45) is 0 Å². The van der Waals surface area contributed by atoms with Crippen molar-refractivity contribution in [3.05, 3.63) is 87.7 Å². The molecule has 0 aliphatic rings. The van der Waals surface area contributed by atoms with Gasteiger partial charge in [-0.15, -0.1) is 0 Å². The smallest absolute Gasteiger partial charge is 0.387 e. The fourth-order valence-electron chi connectivity index (χ4n) is 3.43. The van der Waals surface area contributed by atoms with E-state index in [0.717, 1.165) is 17.0 Å². The summed E-state index contributed by atoms with van der Waals surface area (Å²) >= 11 is 6.12. The molecule has 0 radical (unpaired) electrons. The quantitative estimate of drug-likeness (QED) is 0.299. The first-order chi connectivity index (χ1) is 16.7. The predicted octanol–water partition coefficient (Wildman–Crippen LogP) is 6.24. The van der Waals surface area contributed by atoms with Gasteiger partial charge < -0.3 is 10.0 Å². The molecule has 1 aromatic heterocycles. The van der Waals surface area contributed by atoms with Gasteiger partial charge in [-0.3, -0.25) is 4.79 Å².